The van der Waals surface area contributed by atoms with Crippen LogP contribution in [-0.4, -0.2) is 35.5 Å². The quantitative estimate of drug-likeness (QED) is 0.897. The third kappa shape index (κ3) is 3.74. The number of hydrogen-bond acceptors (Lipinski definition) is 2. The second kappa shape index (κ2) is 6.16. The maximum Gasteiger partial charge on any atom is 0.319 e. The Bertz CT molecular complexity index is 554. The summed E-state index contributed by atoms with van der Waals surface area (Å²) in [6.45, 7) is 8.58. The standard InChI is InChI=1S/C16H23N3O2/c1-10(2)19-9-14(8-15(19)20)18-16(21)17-13-6-5-11(3)12(4)7-13/h5-7,10,14H,8-9H2,1-4H3,(H2,17,18,21). The summed E-state index contributed by atoms with van der Waals surface area (Å²) in [5, 5.41) is 5.68. The summed E-state index contributed by atoms with van der Waals surface area (Å²) in [5.74, 6) is 0.0986. The SMILES string of the molecule is Cc1ccc(NC(=O)NC2CC(=O)N(C(C)C)C2)cc1C. The van der Waals surface area contributed by atoms with Gasteiger partial charge in [-0.15, -0.1) is 0 Å². The van der Waals surface area contributed by atoms with Gasteiger partial charge in [0.1, 0.15) is 0 Å². The summed E-state index contributed by atoms with van der Waals surface area (Å²) in [7, 11) is 0. The highest BCUT2D eigenvalue weighted by atomic mass is 16.2. The normalized spacial score (nSPS) is 18.2. The van der Waals surface area contributed by atoms with E-state index in [4.69, 9.17) is 0 Å². The first-order valence-corrected chi connectivity index (χ1v) is 7.31. The van der Waals surface area contributed by atoms with E-state index >= 15 is 0 Å². The van der Waals surface area contributed by atoms with E-state index in [1.807, 2.05) is 45.9 Å². The molecule has 114 valence electrons. The molecule has 5 heteroatoms. The number of likely N-dealkylation sites (tertiary alicyclic amines) is 1. The minimum Gasteiger partial charge on any atom is -0.338 e. The summed E-state index contributed by atoms with van der Waals surface area (Å²) >= 11 is 0. The van der Waals surface area contributed by atoms with Gasteiger partial charge < -0.3 is 15.5 Å². The minimum absolute atomic E-state index is 0.0986. The topological polar surface area (TPSA) is 61.4 Å². The molecular weight excluding hydrogens is 266 g/mol. The summed E-state index contributed by atoms with van der Waals surface area (Å²) in [4.78, 5) is 25.6. The van der Waals surface area contributed by atoms with E-state index in [2.05, 4.69) is 10.6 Å². The minimum atomic E-state index is -0.262. The summed E-state index contributed by atoms with van der Waals surface area (Å²) in [6.07, 6.45) is 0.374. The lowest BCUT2D eigenvalue weighted by Gasteiger charge is -2.21. The lowest BCUT2D eigenvalue weighted by molar-refractivity contribution is -0.129. The molecule has 0 radical (unpaired) electrons. The monoisotopic (exact) mass is 289 g/mol. The van der Waals surface area contributed by atoms with Crippen LogP contribution in [0, 0.1) is 13.8 Å². The molecule has 1 aliphatic heterocycles. The van der Waals surface area contributed by atoms with Crippen molar-refractivity contribution in [2.24, 2.45) is 0 Å². The molecule has 2 rings (SSSR count). The van der Waals surface area contributed by atoms with Gasteiger partial charge in [-0.2, -0.15) is 0 Å². The lowest BCUT2D eigenvalue weighted by atomic mass is 10.1. The van der Waals surface area contributed by atoms with Crippen LogP contribution in [0.15, 0.2) is 18.2 Å². The number of nitrogens with one attached hydrogen (secondary N) is 2. The Morgan fingerprint density at radius 1 is 1.29 bits per heavy atom. The van der Waals surface area contributed by atoms with Crippen molar-refractivity contribution in [2.45, 2.75) is 46.2 Å². The summed E-state index contributed by atoms with van der Waals surface area (Å²) in [6, 6.07) is 5.59. The molecule has 0 spiro atoms. The van der Waals surface area contributed by atoms with E-state index in [-0.39, 0.29) is 24.0 Å². The first-order chi connectivity index (χ1) is 9.86. The van der Waals surface area contributed by atoms with Crippen molar-refractivity contribution in [1.82, 2.24) is 10.2 Å². The molecule has 1 unspecified atom stereocenters. The molecule has 3 amide bonds. The fraction of sp³-hybridized carbons (Fsp3) is 0.500. The van der Waals surface area contributed by atoms with E-state index in [0.29, 0.717) is 13.0 Å². The Hall–Kier alpha value is -2.04. The molecule has 1 atom stereocenters. The van der Waals surface area contributed by atoms with Gasteiger partial charge in [-0.1, -0.05) is 6.07 Å². The van der Waals surface area contributed by atoms with Crippen LogP contribution in [-0.2, 0) is 4.79 Å². The van der Waals surface area contributed by atoms with Crippen molar-refractivity contribution in [2.75, 3.05) is 11.9 Å². The van der Waals surface area contributed by atoms with Crippen LogP contribution in [0.5, 0.6) is 0 Å². The fourth-order valence-electron chi connectivity index (χ4n) is 2.50. The number of benzene rings is 1. The van der Waals surface area contributed by atoms with Gasteiger partial charge in [0, 0.05) is 24.7 Å². The van der Waals surface area contributed by atoms with Gasteiger partial charge in [-0.3, -0.25) is 4.79 Å². The zero-order chi connectivity index (χ0) is 15.6. The Labute approximate surface area is 125 Å². The molecule has 1 aromatic carbocycles. The zero-order valence-electron chi connectivity index (χ0n) is 13.1. The highest BCUT2D eigenvalue weighted by Gasteiger charge is 2.31. The van der Waals surface area contributed by atoms with Gasteiger partial charge in [0.05, 0.1) is 6.04 Å². The van der Waals surface area contributed by atoms with Crippen molar-refractivity contribution in [3.63, 3.8) is 0 Å². The van der Waals surface area contributed by atoms with Gasteiger partial charge in [-0.25, -0.2) is 4.79 Å². The number of rotatable bonds is 3. The van der Waals surface area contributed by atoms with Crippen LogP contribution < -0.4 is 10.6 Å². The van der Waals surface area contributed by atoms with Gasteiger partial charge >= 0.3 is 6.03 Å². The third-order valence-corrected chi connectivity index (χ3v) is 3.88. The second-order valence-corrected chi connectivity index (χ2v) is 5.94. The maximum atomic E-state index is 12.0. The molecule has 0 bridgehead atoms. The Morgan fingerprint density at radius 2 is 2.00 bits per heavy atom. The fourth-order valence-corrected chi connectivity index (χ4v) is 2.50. The summed E-state index contributed by atoms with van der Waals surface area (Å²) in [5.41, 5.74) is 3.09. The Morgan fingerprint density at radius 3 is 2.57 bits per heavy atom. The Kier molecular flexibility index (Phi) is 4.50. The Balaban J connectivity index is 1.90. The first-order valence-electron chi connectivity index (χ1n) is 7.31. The van der Waals surface area contributed by atoms with Crippen molar-refractivity contribution >= 4 is 17.6 Å². The maximum absolute atomic E-state index is 12.0. The average molecular weight is 289 g/mol. The molecule has 2 N–H and O–H groups in total. The molecule has 1 aromatic rings. The number of anilines is 1. The van der Waals surface area contributed by atoms with Crippen molar-refractivity contribution < 1.29 is 9.59 Å². The van der Waals surface area contributed by atoms with E-state index in [0.717, 1.165) is 11.3 Å². The van der Waals surface area contributed by atoms with E-state index in [1.54, 1.807) is 4.90 Å². The predicted molar refractivity (Wildman–Crippen MR) is 83.3 cm³/mol. The number of aryl methyl sites for hydroxylation is 2. The van der Waals surface area contributed by atoms with Gasteiger partial charge in [0.15, 0.2) is 0 Å². The van der Waals surface area contributed by atoms with E-state index < -0.39 is 0 Å². The van der Waals surface area contributed by atoms with Crippen LogP contribution in [0.3, 0.4) is 0 Å². The molecule has 1 saturated heterocycles. The molecule has 1 fully saturated rings. The smallest absolute Gasteiger partial charge is 0.319 e. The number of amides is 3. The zero-order valence-corrected chi connectivity index (χ0v) is 13.1. The molecule has 1 aliphatic rings. The molecule has 1 heterocycles. The molecule has 0 aliphatic carbocycles. The number of urea groups is 1. The van der Waals surface area contributed by atoms with Crippen LogP contribution in [0.2, 0.25) is 0 Å². The highest BCUT2D eigenvalue weighted by molar-refractivity contribution is 5.90. The van der Waals surface area contributed by atoms with Gasteiger partial charge in [0.2, 0.25) is 5.91 Å². The third-order valence-electron chi connectivity index (χ3n) is 3.88. The molecule has 0 saturated carbocycles. The first kappa shape index (κ1) is 15.4. The van der Waals surface area contributed by atoms with Crippen LogP contribution in [0.4, 0.5) is 10.5 Å². The number of nitrogens with zero attached hydrogens (tertiary/aromatic N) is 1. The number of hydrogen-bond donors (Lipinski definition) is 2. The average Bonchev–Trinajstić information content (AvgIpc) is 2.75. The van der Waals surface area contributed by atoms with Gasteiger partial charge in [0.25, 0.3) is 0 Å². The van der Waals surface area contributed by atoms with Crippen molar-refractivity contribution in [1.29, 1.82) is 0 Å². The largest absolute Gasteiger partial charge is 0.338 e. The van der Waals surface area contributed by atoms with Crippen molar-refractivity contribution in [3.05, 3.63) is 29.3 Å². The van der Waals surface area contributed by atoms with Gasteiger partial charge in [-0.05, 0) is 51.0 Å². The van der Waals surface area contributed by atoms with E-state index in [9.17, 15) is 9.59 Å². The molecule has 21 heavy (non-hydrogen) atoms. The highest BCUT2D eigenvalue weighted by Crippen LogP contribution is 2.16. The van der Waals surface area contributed by atoms with Crippen molar-refractivity contribution in [3.8, 4) is 0 Å². The molecule has 5 nitrogen and oxygen atoms in total. The van der Waals surface area contributed by atoms with Crippen LogP contribution in [0.1, 0.15) is 31.4 Å². The van der Waals surface area contributed by atoms with E-state index in [1.165, 1.54) is 5.56 Å². The predicted octanol–water partition coefficient (Wildman–Crippen LogP) is 2.43. The number of carbonyl (C=O) groups excluding carboxylic acids is 2. The van der Waals surface area contributed by atoms with Crippen LogP contribution >= 0.6 is 0 Å². The summed E-state index contributed by atoms with van der Waals surface area (Å²) < 4.78 is 0. The van der Waals surface area contributed by atoms with Crippen LogP contribution in [0.25, 0.3) is 0 Å². The molecule has 0 aromatic heterocycles. The lowest BCUT2D eigenvalue weighted by Crippen LogP contribution is -2.40. The molecular formula is C16H23N3O2. The number of carbonyl (C=O) groups is 2. The second-order valence-electron chi connectivity index (χ2n) is 5.94.